The number of thioether (sulfide) groups is 1. The molecule has 3 aliphatic rings. The second kappa shape index (κ2) is 11.5. The predicted molar refractivity (Wildman–Crippen MR) is 166 cm³/mol. The number of rotatable bonds is 5. The third-order valence-electron chi connectivity index (χ3n) is 9.41. The minimum Gasteiger partial charge on any atom is -0.393 e. The number of aromatic nitrogens is 3. The Morgan fingerprint density at radius 2 is 2.02 bits per heavy atom. The van der Waals surface area contributed by atoms with E-state index in [0.717, 1.165) is 51.8 Å². The van der Waals surface area contributed by atoms with Crippen molar-refractivity contribution in [1.29, 1.82) is 0 Å². The normalized spacial score (nSPS) is 27.0. The third kappa shape index (κ3) is 5.55. The maximum absolute atomic E-state index is 14.3. The minimum absolute atomic E-state index is 0.00627. The highest BCUT2D eigenvalue weighted by Crippen LogP contribution is 2.59. The van der Waals surface area contributed by atoms with E-state index in [9.17, 15) is 15.0 Å². The molecule has 4 atom stereocenters. The molecular weight excluding hydrogens is 551 g/mol. The number of hydrogen-bond acceptors (Lipinski definition) is 7. The molecule has 2 aromatic carbocycles. The van der Waals surface area contributed by atoms with E-state index in [1.54, 1.807) is 0 Å². The van der Waals surface area contributed by atoms with Gasteiger partial charge in [-0.05, 0) is 92.5 Å². The summed E-state index contributed by atoms with van der Waals surface area (Å²) in [4.78, 5) is 19.3. The highest BCUT2D eigenvalue weighted by atomic mass is 32.2. The highest BCUT2D eigenvalue weighted by molar-refractivity contribution is 7.99. The van der Waals surface area contributed by atoms with Gasteiger partial charge in [0.2, 0.25) is 5.78 Å². The predicted octanol–water partition coefficient (Wildman–Crippen LogP) is 7.08. The molecule has 0 radical (unpaired) electrons. The molecule has 0 spiro atoms. The molecule has 3 aliphatic carbocycles. The summed E-state index contributed by atoms with van der Waals surface area (Å²) >= 11 is 3.03. The number of allylic oxidation sites excluding steroid dienone is 2. The van der Waals surface area contributed by atoms with Gasteiger partial charge in [0.25, 0.3) is 0 Å². The Hall–Kier alpha value is -2.78. The van der Waals surface area contributed by atoms with Gasteiger partial charge in [0.15, 0.2) is 5.16 Å². The van der Waals surface area contributed by atoms with E-state index in [2.05, 4.69) is 53.3 Å². The first-order valence-corrected chi connectivity index (χ1v) is 16.3. The number of carbonyl (C=O) groups excluding carboxylic acids is 1. The SMILES string of the molecule is CC1=CCCC2(C)C(CCC2(O)CSc2ncn[nH]2)c2ccc(cc2C(=O)c2cc3ccccc3s2)CC(O)CC1. The van der Waals surface area contributed by atoms with E-state index >= 15 is 0 Å². The lowest BCUT2D eigenvalue weighted by atomic mass is 9.65. The summed E-state index contributed by atoms with van der Waals surface area (Å²) in [5.41, 5.74) is 2.55. The minimum atomic E-state index is -0.944. The molecule has 1 fully saturated rings. The molecule has 4 unspecified atom stereocenters. The van der Waals surface area contributed by atoms with Crippen molar-refractivity contribution in [1.82, 2.24) is 15.2 Å². The molecule has 1 saturated carbocycles. The topological polar surface area (TPSA) is 99.1 Å². The van der Waals surface area contributed by atoms with Gasteiger partial charge in [0, 0.05) is 21.4 Å². The van der Waals surface area contributed by atoms with Crippen molar-refractivity contribution in [2.75, 3.05) is 5.75 Å². The number of aliphatic hydroxyl groups is 2. The van der Waals surface area contributed by atoms with Crippen LogP contribution in [0.5, 0.6) is 0 Å². The molecule has 2 bridgehead atoms. The van der Waals surface area contributed by atoms with Crippen molar-refractivity contribution in [2.45, 2.75) is 81.6 Å². The molecule has 2 heterocycles. The lowest BCUT2D eigenvalue weighted by Crippen LogP contribution is -2.46. The fraction of sp³-hybridized carbons (Fsp3) is 0.424. The van der Waals surface area contributed by atoms with E-state index in [1.165, 1.54) is 35.0 Å². The van der Waals surface area contributed by atoms with E-state index < -0.39 is 17.1 Å². The fourth-order valence-corrected chi connectivity index (χ4v) is 8.96. The first-order valence-electron chi connectivity index (χ1n) is 14.5. The van der Waals surface area contributed by atoms with Gasteiger partial charge in [-0.15, -0.1) is 11.3 Å². The Morgan fingerprint density at radius 3 is 2.83 bits per heavy atom. The Labute approximate surface area is 249 Å². The monoisotopic (exact) mass is 587 g/mol. The molecular formula is C33H37N3O3S2. The van der Waals surface area contributed by atoms with Crippen molar-refractivity contribution >= 4 is 39.0 Å². The van der Waals surface area contributed by atoms with Gasteiger partial charge in [-0.2, -0.15) is 5.10 Å². The van der Waals surface area contributed by atoms with Crippen LogP contribution in [0.15, 0.2) is 71.7 Å². The maximum Gasteiger partial charge on any atom is 0.203 e. The molecule has 0 aliphatic heterocycles. The number of ketones is 1. The van der Waals surface area contributed by atoms with Crippen molar-refractivity contribution in [3.63, 3.8) is 0 Å². The average molecular weight is 588 g/mol. The number of aromatic amines is 1. The van der Waals surface area contributed by atoms with Crippen LogP contribution in [0.2, 0.25) is 0 Å². The molecule has 2 aromatic heterocycles. The number of benzene rings is 2. The summed E-state index contributed by atoms with van der Waals surface area (Å²) in [7, 11) is 0. The van der Waals surface area contributed by atoms with Crippen molar-refractivity contribution in [3.05, 3.63) is 88.1 Å². The molecule has 6 nitrogen and oxygen atoms in total. The Balaban J connectivity index is 1.44. The largest absolute Gasteiger partial charge is 0.393 e. The molecule has 41 heavy (non-hydrogen) atoms. The lowest BCUT2D eigenvalue weighted by molar-refractivity contribution is -0.0422. The van der Waals surface area contributed by atoms with Crippen molar-refractivity contribution in [3.8, 4) is 0 Å². The Bertz CT molecular complexity index is 1550. The van der Waals surface area contributed by atoms with Crippen LogP contribution < -0.4 is 0 Å². The number of nitrogens with zero attached hydrogens (tertiary/aromatic N) is 2. The number of carbonyl (C=O) groups is 1. The highest BCUT2D eigenvalue weighted by Gasteiger charge is 2.56. The molecule has 214 valence electrons. The number of nitrogens with one attached hydrogen (secondary N) is 1. The van der Waals surface area contributed by atoms with Gasteiger partial charge < -0.3 is 10.2 Å². The second-order valence-corrected chi connectivity index (χ2v) is 14.1. The summed E-state index contributed by atoms with van der Waals surface area (Å²) in [5, 5.41) is 31.8. The first kappa shape index (κ1) is 28.3. The Kier molecular flexibility index (Phi) is 7.94. The molecule has 4 aromatic rings. The molecule has 7 rings (SSSR count). The smallest absolute Gasteiger partial charge is 0.203 e. The Morgan fingerprint density at radius 1 is 1.17 bits per heavy atom. The van der Waals surface area contributed by atoms with Crippen LogP contribution in [0, 0.1) is 5.41 Å². The molecule has 3 N–H and O–H groups in total. The van der Waals surface area contributed by atoms with Gasteiger partial charge in [0.1, 0.15) is 6.33 Å². The van der Waals surface area contributed by atoms with Crippen LogP contribution in [0.4, 0.5) is 0 Å². The standard InChI is InChI=1S/C33H37N3O3S2/c1-21-6-5-14-32(2)27(13-15-33(32,39)19-40-31-34-20-35-36-31)25-12-10-22(16-24(37)11-9-21)17-26(25)30(38)29-18-23-7-3-4-8-28(23)41-29/h3-4,6-8,10,12,17-18,20,24,27,37,39H,5,9,11,13-16,19H2,1-2H3,(H,34,35,36). The van der Waals surface area contributed by atoms with Crippen LogP contribution in [0.3, 0.4) is 0 Å². The van der Waals surface area contributed by atoms with Gasteiger partial charge in [-0.25, -0.2) is 4.98 Å². The summed E-state index contributed by atoms with van der Waals surface area (Å²) in [6, 6.07) is 16.3. The van der Waals surface area contributed by atoms with Crippen LogP contribution in [0.25, 0.3) is 10.1 Å². The summed E-state index contributed by atoms with van der Waals surface area (Å²) < 4.78 is 1.10. The summed E-state index contributed by atoms with van der Waals surface area (Å²) in [6.45, 7) is 4.35. The lowest BCUT2D eigenvalue weighted by Gasteiger charge is -2.44. The number of fused-ring (bicyclic) bond motifs is 9. The zero-order chi connectivity index (χ0) is 28.6. The molecule has 0 saturated heterocycles. The first-order chi connectivity index (χ1) is 19.8. The molecule has 0 amide bonds. The van der Waals surface area contributed by atoms with Crippen LogP contribution >= 0.6 is 23.1 Å². The zero-order valence-corrected chi connectivity index (χ0v) is 25.2. The van der Waals surface area contributed by atoms with Crippen molar-refractivity contribution < 1.29 is 15.0 Å². The average Bonchev–Trinajstić information content (AvgIpc) is 3.69. The van der Waals surface area contributed by atoms with Gasteiger partial charge in [0.05, 0.1) is 16.6 Å². The summed E-state index contributed by atoms with van der Waals surface area (Å²) in [5.74, 6) is 0.530. The maximum atomic E-state index is 14.3. The molecule has 8 heteroatoms. The van der Waals surface area contributed by atoms with E-state index in [1.807, 2.05) is 30.3 Å². The fourth-order valence-electron chi connectivity index (χ4n) is 6.85. The van der Waals surface area contributed by atoms with E-state index in [-0.39, 0.29) is 11.7 Å². The van der Waals surface area contributed by atoms with Crippen LogP contribution in [-0.2, 0) is 6.42 Å². The van der Waals surface area contributed by atoms with Gasteiger partial charge in [-0.1, -0.05) is 60.7 Å². The number of H-pyrrole nitrogens is 1. The third-order valence-corrected chi connectivity index (χ3v) is 11.6. The van der Waals surface area contributed by atoms with Crippen LogP contribution in [-0.4, -0.2) is 48.6 Å². The number of thiophene rings is 1. The zero-order valence-electron chi connectivity index (χ0n) is 23.6. The number of aliphatic hydroxyl groups excluding tert-OH is 1. The quantitative estimate of drug-likeness (QED) is 0.131. The van der Waals surface area contributed by atoms with Gasteiger partial charge >= 0.3 is 0 Å². The van der Waals surface area contributed by atoms with E-state index in [0.29, 0.717) is 35.7 Å². The van der Waals surface area contributed by atoms with Crippen LogP contribution in [0.1, 0.15) is 84.7 Å². The number of hydrogen-bond donors (Lipinski definition) is 3. The summed E-state index contributed by atoms with van der Waals surface area (Å²) in [6.07, 6.45) is 8.40. The van der Waals surface area contributed by atoms with Crippen molar-refractivity contribution in [2.24, 2.45) is 5.41 Å². The van der Waals surface area contributed by atoms with Gasteiger partial charge in [-0.3, -0.25) is 9.89 Å². The van der Waals surface area contributed by atoms with E-state index in [4.69, 9.17) is 0 Å². The second-order valence-electron chi connectivity index (χ2n) is 12.0.